The topological polar surface area (TPSA) is 114 Å². The summed E-state index contributed by atoms with van der Waals surface area (Å²) in [6.07, 6.45) is -0.0854. The summed E-state index contributed by atoms with van der Waals surface area (Å²) in [5.74, 6) is -2.63. The van der Waals surface area contributed by atoms with Gasteiger partial charge in [-0.15, -0.1) is 0 Å². The van der Waals surface area contributed by atoms with E-state index in [0.29, 0.717) is 6.42 Å². The molecule has 10 heteroatoms. The van der Waals surface area contributed by atoms with Crippen LogP contribution in [-0.2, 0) is 25.7 Å². The minimum atomic E-state index is -1.25. The third kappa shape index (κ3) is 5.79. The molecule has 4 amide bonds. The van der Waals surface area contributed by atoms with E-state index in [4.69, 9.17) is 9.47 Å². The highest BCUT2D eigenvalue weighted by atomic mass is 16.6. The van der Waals surface area contributed by atoms with Gasteiger partial charge in [0, 0.05) is 6.54 Å². The fraction of sp³-hybridized carbons (Fsp3) is 0.414. The average molecular weight is 536 g/mol. The standard InChI is InChI=1S/C29H33N3O7/c1-5-22(31-24(33)20-14-9-10-15-21(20)25(31)34)26(35)32-23(27(36)38-18-19-12-7-6-8-13-19)16-11-17-30(32)28(37)39-29(2,3)4/h6-10,12-15,22-23H,5,11,16-18H2,1-4H3/t22-,23+/m0/s1. The van der Waals surface area contributed by atoms with Gasteiger partial charge in [0.05, 0.1) is 11.1 Å². The Morgan fingerprint density at radius 2 is 1.54 bits per heavy atom. The van der Waals surface area contributed by atoms with Gasteiger partial charge in [-0.3, -0.25) is 19.3 Å². The Balaban J connectivity index is 1.66. The maximum Gasteiger partial charge on any atom is 0.429 e. The Hall–Kier alpha value is -4.21. The number of nitrogens with zero attached hydrogens (tertiary/aromatic N) is 3. The number of imide groups is 1. The maximum atomic E-state index is 14.2. The summed E-state index contributed by atoms with van der Waals surface area (Å²) in [7, 11) is 0. The average Bonchev–Trinajstić information content (AvgIpc) is 3.16. The van der Waals surface area contributed by atoms with Crippen molar-refractivity contribution in [1.29, 1.82) is 0 Å². The molecule has 10 nitrogen and oxygen atoms in total. The Morgan fingerprint density at radius 3 is 2.10 bits per heavy atom. The van der Waals surface area contributed by atoms with Crippen LogP contribution in [0.25, 0.3) is 0 Å². The van der Waals surface area contributed by atoms with E-state index in [2.05, 4.69) is 0 Å². The van der Waals surface area contributed by atoms with E-state index in [1.807, 2.05) is 18.2 Å². The second-order valence-electron chi connectivity index (χ2n) is 10.5. The Kier molecular flexibility index (Phi) is 8.03. The number of esters is 1. The summed E-state index contributed by atoms with van der Waals surface area (Å²) in [5.41, 5.74) is 0.311. The number of hydrogen-bond acceptors (Lipinski definition) is 7. The molecule has 0 spiro atoms. The predicted octanol–water partition coefficient (Wildman–Crippen LogP) is 3.95. The molecule has 2 aromatic rings. The van der Waals surface area contributed by atoms with Crippen LogP contribution in [0.15, 0.2) is 54.6 Å². The molecular weight excluding hydrogens is 502 g/mol. The van der Waals surface area contributed by atoms with Crippen molar-refractivity contribution in [1.82, 2.24) is 14.9 Å². The van der Waals surface area contributed by atoms with Crippen LogP contribution in [0.1, 0.15) is 73.2 Å². The van der Waals surface area contributed by atoms with Crippen molar-refractivity contribution >= 4 is 29.8 Å². The number of amides is 4. The van der Waals surface area contributed by atoms with E-state index in [1.165, 1.54) is 12.1 Å². The molecule has 2 aliphatic heterocycles. The predicted molar refractivity (Wildman–Crippen MR) is 140 cm³/mol. The number of benzene rings is 2. The molecule has 4 rings (SSSR count). The second-order valence-corrected chi connectivity index (χ2v) is 10.5. The molecule has 2 aromatic carbocycles. The Morgan fingerprint density at radius 1 is 0.949 bits per heavy atom. The van der Waals surface area contributed by atoms with E-state index in [1.54, 1.807) is 52.0 Å². The van der Waals surface area contributed by atoms with E-state index in [-0.39, 0.29) is 37.1 Å². The van der Waals surface area contributed by atoms with Crippen LogP contribution in [-0.4, -0.2) is 68.9 Å². The van der Waals surface area contributed by atoms with Crippen LogP contribution < -0.4 is 0 Å². The van der Waals surface area contributed by atoms with E-state index < -0.39 is 47.5 Å². The molecule has 206 valence electrons. The van der Waals surface area contributed by atoms with Crippen molar-refractivity contribution in [3.8, 4) is 0 Å². The quantitative estimate of drug-likeness (QED) is 0.407. The van der Waals surface area contributed by atoms with Crippen LogP contribution in [0.5, 0.6) is 0 Å². The van der Waals surface area contributed by atoms with Crippen molar-refractivity contribution < 1.29 is 33.4 Å². The Labute approximate surface area is 227 Å². The maximum absolute atomic E-state index is 14.2. The summed E-state index contributed by atoms with van der Waals surface area (Å²) < 4.78 is 11.1. The summed E-state index contributed by atoms with van der Waals surface area (Å²) in [4.78, 5) is 68.1. The van der Waals surface area contributed by atoms with Crippen LogP contribution in [0.2, 0.25) is 0 Å². The minimum absolute atomic E-state index is 0.0136. The number of ether oxygens (including phenoxy) is 2. The molecule has 0 unspecified atom stereocenters. The zero-order valence-corrected chi connectivity index (χ0v) is 22.6. The first-order valence-corrected chi connectivity index (χ1v) is 13.0. The number of carbonyl (C=O) groups is 5. The van der Waals surface area contributed by atoms with Crippen molar-refractivity contribution in [2.45, 2.75) is 71.2 Å². The number of carbonyl (C=O) groups excluding carboxylic acids is 5. The highest BCUT2D eigenvalue weighted by molar-refractivity contribution is 6.22. The summed E-state index contributed by atoms with van der Waals surface area (Å²) >= 11 is 0. The molecule has 39 heavy (non-hydrogen) atoms. The van der Waals surface area contributed by atoms with Crippen molar-refractivity contribution in [3.05, 3.63) is 71.3 Å². The molecule has 0 aromatic heterocycles. The molecule has 0 saturated carbocycles. The molecule has 1 saturated heterocycles. The fourth-order valence-electron chi connectivity index (χ4n) is 4.75. The largest absolute Gasteiger partial charge is 0.459 e. The molecule has 1 fully saturated rings. The van der Waals surface area contributed by atoms with E-state index in [9.17, 15) is 24.0 Å². The zero-order chi connectivity index (χ0) is 28.3. The lowest BCUT2D eigenvalue weighted by Crippen LogP contribution is -2.65. The zero-order valence-electron chi connectivity index (χ0n) is 22.6. The smallest absolute Gasteiger partial charge is 0.429 e. The fourth-order valence-corrected chi connectivity index (χ4v) is 4.75. The third-order valence-corrected chi connectivity index (χ3v) is 6.54. The van der Waals surface area contributed by atoms with Gasteiger partial charge in [-0.25, -0.2) is 19.6 Å². The van der Waals surface area contributed by atoms with Crippen molar-refractivity contribution in [2.75, 3.05) is 6.54 Å². The van der Waals surface area contributed by atoms with Crippen LogP contribution in [0.3, 0.4) is 0 Å². The monoisotopic (exact) mass is 535 g/mol. The van der Waals surface area contributed by atoms with Crippen LogP contribution >= 0.6 is 0 Å². The molecule has 0 radical (unpaired) electrons. The van der Waals surface area contributed by atoms with Gasteiger partial charge >= 0.3 is 12.1 Å². The summed E-state index contributed by atoms with van der Waals surface area (Å²) in [6.45, 7) is 6.85. The normalized spacial score (nSPS) is 18.1. The van der Waals surface area contributed by atoms with Crippen LogP contribution in [0, 0.1) is 0 Å². The van der Waals surface area contributed by atoms with Gasteiger partial charge in [0.2, 0.25) is 0 Å². The number of fused-ring (bicyclic) bond motifs is 1. The van der Waals surface area contributed by atoms with E-state index >= 15 is 0 Å². The molecule has 2 heterocycles. The first-order valence-electron chi connectivity index (χ1n) is 13.0. The van der Waals surface area contributed by atoms with Crippen molar-refractivity contribution in [2.24, 2.45) is 0 Å². The molecule has 0 bridgehead atoms. The van der Waals surface area contributed by atoms with Gasteiger partial charge in [0.15, 0.2) is 6.04 Å². The van der Waals surface area contributed by atoms with Gasteiger partial charge in [0.1, 0.15) is 18.2 Å². The molecule has 0 aliphatic carbocycles. The summed E-state index contributed by atoms with van der Waals surface area (Å²) in [5, 5.41) is 2.12. The number of hydrogen-bond donors (Lipinski definition) is 0. The van der Waals surface area contributed by atoms with Gasteiger partial charge in [0.25, 0.3) is 17.7 Å². The van der Waals surface area contributed by atoms with Crippen molar-refractivity contribution in [3.63, 3.8) is 0 Å². The second kappa shape index (κ2) is 11.3. The lowest BCUT2D eigenvalue weighted by atomic mass is 10.1. The van der Waals surface area contributed by atoms with Gasteiger partial charge in [-0.2, -0.15) is 0 Å². The Bertz CT molecular complexity index is 1240. The highest BCUT2D eigenvalue weighted by Gasteiger charge is 2.49. The number of rotatable bonds is 6. The molecule has 0 N–H and O–H groups in total. The van der Waals surface area contributed by atoms with Gasteiger partial charge in [-0.05, 0) is 57.7 Å². The van der Waals surface area contributed by atoms with Gasteiger partial charge in [-0.1, -0.05) is 49.4 Å². The van der Waals surface area contributed by atoms with Gasteiger partial charge < -0.3 is 9.47 Å². The van der Waals surface area contributed by atoms with E-state index in [0.717, 1.165) is 20.5 Å². The molecular formula is C29H33N3O7. The SMILES string of the molecule is CC[C@@H](C(=O)N1[C@@H](C(=O)OCc2ccccc2)CCCN1C(=O)OC(C)(C)C)N1C(=O)c2ccccc2C1=O. The van der Waals surface area contributed by atoms with Crippen LogP contribution in [0.4, 0.5) is 4.79 Å². The minimum Gasteiger partial charge on any atom is -0.459 e. The first-order chi connectivity index (χ1) is 18.5. The first kappa shape index (κ1) is 27.8. The number of hydrazine groups is 1. The molecule has 2 atom stereocenters. The summed E-state index contributed by atoms with van der Waals surface area (Å²) in [6, 6.07) is 13.0. The lowest BCUT2D eigenvalue weighted by molar-refractivity contribution is -0.178. The molecule has 2 aliphatic rings. The third-order valence-electron chi connectivity index (χ3n) is 6.54. The lowest BCUT2D eigenvalue weighted by Gasteiger charge is -2.44. The highest BCUT2D eigenvalue weighted by Crippen LogP contribution is 2.30.